The lowest BCUT2D eigenvalue weighted by Crippen LogP contribution is -2.53. The highest BCUT2D eigenvalue weighted by Crippen LogP contribution is 2.35. The van der Waals surface area contributed by atoms with Crippen LogP contribution in [-0.4, -0.2) is 53.8 Å². The zero-order valence-electron chi connectivity index (χ0n) is 18.2. The third kappa shape index (κ3) is 5.97. The molecule has 0 atom stereocenters. The summed E-state index contributed by atoms with van der Waals surface area (Å²) in [5.74, 6) is -4.91. The predicted molar refractivity (Wildman–Crippen MR) is 110 cm³/mol. The van der Waals surface area contributed by atoms with E-state index in [0.29, 0.717) is 31.7 Å². The summed E-state index contributed by atoms with van der Waals surface area (Å²) in [7, 11) is 1.61. The van der Waals surface area contributed by atoms with E-state index in [-0.39, 0.29) is 19.0 Å². The molecule has 1 saturated carbocycles. The van der Waals surface area contributed by atoms with Gasteiger partial charge in [-0.05, 0) is 56.7 Å². The maximum Gasteiger partial charge on any atom is 0.238 e. The molecular formula is C22H29F3N4O2. The third-order valence-electron chi connectivity index (χ3n) is 5.90. The van der Waals surface area contributed by atoms with Gasteiger partial charge in [0, 0.05) is 7.05 Å². The van der Waals surface area contributed by atoms with Crippen LogP contribution in [0.2, 0.25) is 0 Å². The molecule has 1 aliphatic rings. The quantitative estimate of drug-likeness (QED) is 0.628. The summed E-state index contributed by atoms with van der Waals surface area (Å²) in [4.78, 5) is 28.3. The Balaban J connectivity index is 2.03. The van der Waals surface area contributed by atoms with Gasteiger partial charge in [0.2, 0.25) is 11.8 Å². The first-order valence-corrected chi connectivity index (χ1v) is 10.5. The van der Waals surface area contributed by atoms with Crippen LogP contribution in [-0.2, 0) is 9.59 Å². The molecule has 1 aromatic carbocycles. The van der Waals surface area contributed by atoms with Crippen LogP contribution >= 0.6 is 0 Å². The average Bonchev–Trinajstić information content (AvgIpc) is 2.74. The fraction of sp³-hybridized carbons (Fsp3) is 0.591. The summed E-state index contributed by atoms with van der Waals surface area (Å²) in [6.07, 6.45) is 3.61. The van der Waals surface area contributed by atoms with E-state index in [1.165, 1.54) is 4.90 Å². The van der Waals surface area contributed by atoms with Crippen molar-refractivity contribution in [3.8, 4) is 6.07 Å². The summed E-state index contributed by atoms with van der Waals surface area (Å²) >= 11 is 0. The van der Waals surface area contributed by atoms with Gasteiger partial charge in [-0.15, -0.1) is 0 Å². The van der Waals surface area contributed by atoms with Crippen LogP contribution in [0.4, 0.5) is 18.9 Å². The lowest BCUT2D eigenvalue weighted by atomic mass is 9.77. The number of amides is 2. The highest BCUT2D eigenvalue weighted by atomic mass is 19.2. The zero-order chi connectivity index (χ0) is 23.2. The molecular weight excluding hydrogens is 409 g/mol. The molecule has 0 unspecified atom stereocenters. The van der Waals surface area contributed by atoms with E-state index in [1.54, 1.807) is 11.9 Å². The van der Waals surface area contributed by atoms with Crippen molar-refractivity contribution in [1.29, 1.82) is 5.26 Å². The van der Waals surface area contributed by atoms with Crippen molar-refractivity contribution >= 4 is 17.5 Å². The molecule has 0 spiro atoms. The van der Waals surface area contributed by atoms with Crippen LogP contribution in [0.5, 0.6) is 0 Å². The van der Waals surface area contributed by atoms with Gasteiger partial charge in [-0.25, -0.2) is 13.2 Å². The molecule has 31 heavy (non-hydrogen) atoms. The van der Waals surface area contributed by atoms with Crippen molar-refractivity contribution in [2.75, 3.05) is 32.0 Å². The Bertz CT molecular complexity index is 848. The fourth-order valence-electron chi connectivity index (χ4n) is 3.84. The van der Waals surface area contributed by atoms with Crippen LogP contribution in [0, 0.1) is 34.7 Å². The van der Waals surface area contributed by atoms with E-state index in [1.807, 2.05) is 6.92 Å². The average molecular weight is 438 g/mol. The summed E-state index contributed by atoms with van der Waals surface area (Å²) in [6, 6.07) is 3.98. The topological polar surface area (TPSA) is 76.4 Å². The van der Waals surface area contributed by atoms with E-state index in [4.69, 9.17) is 0 Å². The summed E-state index contributed by atoms with van der Waals surface area (Å²) < 4.78 is 40.2. The second kappa shape index (κ2) is 10.6. The van der Waals surface area contributed by atoms with Gasteiger partial charge in [-0.2, -0.15) is 5.26 Å². The van der Waals surface area contributed by atoms with E-state index < -0.39 is 34.6 Å². The molecule has 2 rings (SSSR count). The van der Waals surface area contributed by atoms with Crippen LogP contribution < -0.4 is 5.32 Å². The number of rotatable bonds is 8. The Morgan fingerprint density at radius 3 is 2.42 bits per heavy atom. The number of hydrogen-bond donors (Lipinski definition) is 1. The number of carbonyl (C=O) groups excluding carboxylic acids is 2. The monoisotopic (exact) mass is 438 g/mol. The number of nitrogens with one attached hydrogen (secondary N) is 1. The number of likely N-dealkylation sites (N-methyl/N-ethyl adjacent to an activating group) is 1. The van der Waals surface area contributed by atoms with Gasteiger partial charge in [-0.3, -0.25) is 14.5 Å². The first-order valence-electron chi connectivity index (χ1n) is 10.5. The normalized spacial score (nSPS) is 20.9. The van der Waals surface area contributed by atoms with Crippen molar-refractivity contribution in [3.05, 3.63) is 29.6 Å². The van der Waals surface area contributed by atoms with Crippen LogP contribution in [0.3, 0.4) is 0 Å². The molecule has 9 heteroatoms. The summed E-state index contributed by atoms with van der Waals surface area (Å²) in [6.45, 7) is 4.11. The third-order valence-corrected chi connectivity index (χ3v) is 5.90. The lowest BCUT2D eigenvalue weighted by Gasteiger charge is -2.41. The number of carbonyl (C=O) groups is 2. The van der Waals surface area contributed by atoms with E-state index in [2.05, 4.69) is 18.3 Å². The van der Waals surface area contributed by atoms with Gasteiger partial charge in [0.25, 0.3) is 0 Å². The smallest absolute Gasteiger partial charge is 0.238 e. The van der Waals surface area contributed by atoms with E-state index >= 15 is 0 Å². The van der Waals surface area contributed by atoms with Gasteiger partial charge in [0.15, 0.2) is 17.5 Å². The number of benzene rings is 1. The number of nitrogens with zero attached hydrogens (tertiary/aromatic N) is 3. The molecule has 6 nitrogen and oxygen atoms in total. The molecule has 0 bridgehead atoms. The van der Waals surface area contributed by atoms with Crippen molar-refractivity contribution in [2.45, 2.75) is 51.5 Å². The van der Waals surface area contributed by atoms with Crippen LogP contribution in [0.1, 0.15) is 46.0 Å². The minimum Gasteiger partial charge on any atom is -0.326 e. The number of nitriles is 1. The molecule has 170 valence electrons. The van der Waals surface area contributed by atoms with Gasteiger partial charge < -0.3 is 10.2 Å². The highest BCUT2D eigenvalue weighted by Gasteiger charge is 2.40. The van der Waals surface area contributed by atoms with Gasteiger partial charge in [-0.1, -0.05) is 13.8 Å². The van der Waals surface area contributed by atoms with Gasteiger partial charge in [0.05, 0.1) is 24.8 Å². The Labute approximate surface area is 181 Å². The molecule has 1 aliphatic carbocycles. The van der Waals surface area contributed by atoms with E-state index in [0.717, 1.165) is 25.0 Å². The minimum absolute atomic E-state index is 0.0863. The fourth-order valence-corrected chi connectivity index (χ4v) is 3.84. The Kier molecular flexibility index (Phi) is 8.45. The van der Waals surface area contributed by atoms with Crippen LogP contribution in [0.15, 0.2) is 12.1 Å². The standard InChI is InChI=1S/C22H29F3N4O2/c1-4-11-29(12-18(30)27-17-6-5-16(23)20(24)21(17)25)13-19(31)28(3)22(14-26)9-7-15(2)8-10-22/h5-6,15H,4,7-13H2,1-3H3,(H,27,30). The Morgan fingerprint density at radius 1 is 1.19 bits per heavy atom. The molecule has 0 aromatic heterocycles. The van der Waals surface area contributed by atoms with Crippen molar-refractivity contribution in [2.24, 2.45) is 5.92 Å². The molecule has 0 radical (unpaired) electrons. The first-order chi connectivity index (χ1) is 14.6. The van der Waals surface area contributed by atoms with E-state index in [9.17, 15) is 28.0 Å². The summed E-state index contributed by atoms with van der Waals surface area (Å²) in [5.41, 5.74) is -1.32. The second-order valence-corrected chi connectivity index (χ2v) is 8.26. The zero-order valence-corrected chi connectivity index (χ0v) is 18.2. The Hall–Kier alpha value is -2.60. The highest BCUT2D eigenvalue weighted by molar-refractivity contribution is 5.92. The molecule has 1 aromatic rings. The largest absolute Gasteiger partial charge is 0.326 e. The van der Waals surface area contributed by atoms with Crippen molar-refractivity contribution in [1.82, 2.24) is 9.80 Å². The van der Waals surface area contributed by atoms with Gasteiger partial charge >= 0.3 is 0 Å². The lowest BCUT2D eigenvalue weighted by molar-refractivity contribution is -0.136. The Morgan fingerprint density at radius 2 is 1.84 bits per heavy atom. The summed E-state index contributed by atoms with van der Waals surface area (Å²) in [5, 5.41) is 12.0. The SMILES string of the molecule is CCCN(CC(=O)Nc1ccc(F)c(F)c1F)CC(=O)N(C)C1(C#N)CCC(C)CC1. The second-order valence-electron chi connectivity index (χ2n) is 8.26. The molecule has 0 aliphatic heterocycles. The first kappa shape index (κ1) is 24.7. The maximum atomic E-state index is 13.8. The van der Waals surface area contributed by atoms with Crippen molar-refractivity contribution < 1.29 is 22.8 Å². The molecule has 1 N–H and O–H groups in total. The predicted octanol–water partition coefficient (Wildman–Crippen LogP) is 3.69. The van der Waals surface area contributed by atoms with Crippen LogP contribution in [0.25, 0.3) is 0 Å². The number of anilines is 1. The molecule has 0 saturated heterocycles. The maximum absolute atomic E-state index is 13.8. The minimum atomic E-state index is -1.66. The van der Waals surface area contributed by atoms with Crippen molar-refractivity contribution in [3.63, 3.8) is 0 Å². The molecule has 1 fully saturated rings. The molecule has 0 heterocycles. The number of hydrogen-bond acceptors (Lipinski definition) is 4. The number of halogens is 3. The van der Waals surface area contributed by atoms with Gasteiger partial charge in [0.1, 0.15) is 5.54 Å². The molecule has 2 amide bonds.